The van der Waals surface area contributed by atoms with E-state index in [1.807, 2.05) is 18.2 Å². The number of ether oxygens (including phenoxy) is 5. The van der Waals surface area contributed by atoms with E-state index in [1.54, 1.807) is 77.9 Å². The normalized spacial score (nSPS) is 11.4. The van der Waals surface area contributed by atoms with Crippen LogP contribution in [0.3, 0.4) is 0 Å². The van der Waals surface area contributed by atoms with Crippen LogP contribution in [0.2, 0.25) is 10.0 Å². The molecule has 99 heavy (non-hydrogen) atoms. The molecule has 0 spiro atoms. The molecule has 0 aliphatic carbocycles. The van der Waals surface area contributed by atoms with Gasteiger partial charge in [-0.3, -0.25) is 20.2 Å². The highest BCUT2D eigenvalue weighted by Gasteiger charge is 2.26. The van der Waals surface area contributed by atoms with Crippen molar-refractivity contribution in [2.75, 3.05) is 64.1 Å². The maximum absolute atomic E-state index is 13.8. The van der Waals surface area contributed by atoms with Crippen LogP contribution in [0.4, 0.5) is 62.8 Å². The van der Waals surface area contributed by atoms with Gasteiger partial charge in [-0.1, -0.05) is 77.8 Å². The lowest BCUT2D eigenvalue weighted by Crippen LogP contribution is -2.52. The fourth-order valence-corrected chi connectivity index (χ4v) is 8.48. The van der Waals surface area contributed by atoms with Crippen molar-refractivity contribution in [3.63, 3.8) is 0 Å². The molecule has 0 unspecified atom stereocenters. The number of benzene rings is 5. The molecule has 10 amide bonds. The van der Waals surface area contributed by atoms with Gasteiger partial charge in [0.15, 0.2) is 0 Å². The van der Waals surface area contributed by atoms with E-state index in [0.29, 0.717) is 32.7 Å². The second kappa shape index (κ2) is 38.1. The molecule has 9 N–H and O–H groups in total. The summed E-state index contributed by atoms with van der Waals surface area (Å²) in [6, 6.07) is 25.7. The molecule has 7 aromatic rings. The van der Waals surface area contributed by atoms with Gasteiger partial charge in [0.05, 0.1) is 28.7 Å². The predicted molar refractivity (Wildman–Crippen MR) is 357 cm³/mol. The SMILES string of the molecule is CC(C)(C)OC(=O)NCC(=O)O.CN(C(=O)NCc1cccc(F)c1Cl)[C@@H](CNC(=O)CNC(=O)OC(C)(C)C)COC(=O)Nc1cc2cc(F)ccc2cn1.CN(C(=O)NCc1cccc(F)c1Cl)[C@@H](CNC(=O)OCc1ccccc1)COC(=O)Nc1cc2cc(F)ccc2cn1. The molecule has 33 heteroatoms. The first-order valence-electron chi connectivity index (χ1n) is 29.9. The monoisotopic (exact) mass is 1420 g/mol. The highest BCUT2D eigenvalue weighted by molar-refractivity contribution is 6.31. The van der Waals surface area contributed by atoms with E-state index in [1.165, 1.54) is 97.0 Å². The van der Waals surface area contributed by atoms with E-state index in [0.717, 1.165) is 5.56 Å². The van der Waals surface area contributed by atoms with Crippen molar-refractivity contribution in [2.45, 2.75) is 84.5 Å². The van der Waals surface area contributed by atoms with E-state index in [4.69, 9.17) is 52.0 Å². The number of hydrogen-bond donors (Lipinski definition) is 9. The number of amides is 10. The van der Waals surface area contributed by atoms with Gasteiger partial charge in [-0.2, -0.15) is 0 Å². The van der Waals surface area contributed by atoms with Crippen LogP contribution in [0.5, 0.6) is 0 Å². The lowest BCUT2D eigenvalue weighted by atomic mass is 10.2. The Labute approximate surface area is 575 Å². The minimum atomic E-state index is -1.10. The number of likely N-dealkylation sites (N-methyl/N-ethyl adjacent to an activating group) is 2. The van der Waals surface area contributed by atoms with Gasteiger partial charge in [-0.25, -0.2) is 61.1 Å². The zero-order valence-electron chi connectivity index (χ0n) is 54.9. The number of carboxylic acid groups (broad SMARTS) is 1. The molecule has 0 saturated heterocycles. The Kier molecular flexibility index (Phi) is 30.3. The Hall–Kier alpha value is -11.0. The number of carboxylic acids is 1. The summed E-state index contributed by atoms with van der Waals surface area (Å²) >= 11 is 11.9. The molecular weight excluding hydrogens is 1350 g/mol. The molecule has 530 valence electrons. The van der Waals surface area contributed by atoms with Crippen LogP contribution in [0, 0.1) is 23.3 Å². The van der Waals surface area contributed by atoms with Crippen molar-refractivity contribution in [3.05, 3.63) is 178 Å². The van der Waals surface area contributed by atoms with Crippen molar-refractivity contribution in [2.24, 2.45) is 0 Å². The van der Waals surface area contributed by atoms with Crippen LogP contribution < -0.4 is 42.5 Å². The Morgan fingerprint density at radius 2 is 0.929 bits per heavy atom. The number of anilines is 2. The summed E-state index contributed by atoms with van der Waals surface area (Å²) in [5, 5.41) is 30.0. The fraction of sp³-hybridized carbons (Fsp3) is 0.318. The zero-order valence-corrected chi connectivity index (χ0v) is 56.4. The molecule has 2 atom stereocenters. The second-order valence-corrected chi connectivity index (χ2v) is 23.9. The highest BCUT2D eigenvalue weighted by Crippen LogP contribution is 2.23. The van der Waals surface area contributed by atoms with Gasteiger partial charge < -0.3 is 70.5 Å². The van der Waals surface area contributed by atoms with E-state index < -0.39 is 114 Å². The minimum absolute atomic E-state index is 0.0314. The number of hydrogen-bond acceptors (Lipinski definition) is 16. The van der Waals surface area contributed by atoms with Gasteiger partial charge in [-0.05, 0) is 130 Å². The summed E-state index contributed by atoms with van der Waals surface area (Å²) in [5.41, 5.74) is 0.133. The van der Waals surface area contributed by atoms with Crippen molar-refractivity contribution in [1.29, 1.82) is 0 Å². The quantitative estimate of drug-likeness (QED) is 0.0225. The van der Waals surface area contributed by atoms with E-state index >= 15 is 0 Å². The molecule has 0 bridgehead atoms. The molecule has 2 heterocycles. The van der Waals surface area contributed by atoms with Crippen molar-refractivity contribution in [1.82, 2.24) is 51.7 Å². The third-order valence-corrected chi connectivity index (χ3v) is 14.0. The van der Waals surface area contributed by atoms with Gasteiger partial charge >= 0.3 is 48.5 Å². The molecule has 5 aromatic carbocycles. The van der Waals surface area contributed by atoms with Crippen molar-refractivity contribution >= 4 is 111 Å². The van der Waals surface area contributed by atoms with Crippen LogP contribution in [-0.4, -0.2) is 156 Å². The maximum atomic E-state index is 13.8. The first-order chi connectivity index (χ1) is 46.7. The molecule has 7 rings (SSSR count). The first kappa shape index (κ1) is 78.7. The summed E-state index contributed by atoms with van der Waals surface area (Å²) < 4.78 is 80.5. The number of aliphatic carboxylic acids is 1. The van der Waals surface area contributed by atoms with Gasteiger partial charge in [-0.15, -0.1) is 0 Å². The molecule has 27 nitrogen and oxygen atoms in total. The average Bonchev–Trinajstić information content (AvgIpc) is 0.870. The van der Waals surface area contributed by atoms with Gasteiger partial charge in [0.1, 0.15) is 72.5 Å². The van der Waals surface area contributed by atoms with E-state index in [9.17, 15) is 60.7 Å². The van der Waals surface area contributed by atoms with Crippen LogP contribution >= 0.6 is 23.2 Å². The number of aromatic nitrogens is 2. The second-order valence-electron chi connectivity index (χ2n) is 23.2. The summed E-state index contributed by atoms with van der Waals surface area (Å²) in [6.45, 7) is 8.11. The summed E-state index contributed by atoms with van der Waals surface area (Å²) in [4.78, 5) is 119. The molecule has 2 aromatic heterocycles. The van der Waals surface area contributed by atoms with Crippen LogP contribution in [-0.2, 0) is 53.0 Å². The molecule has 0 fully saturated rings. The molecule has 0 saturated carbocycles. The Bertz CT molecular complexity index is 3970. The molecule has 0 radical (unpaired) electrons. The third-order valence-electron chi connectivity index (χ3n) is 13.1. The summed E-state index contributed by atoms with van der Waals surface area (Å²) in [5.74, 6) is -3.62. The van der Waals surface area contributed by atoms with E-state index in [2.05, 4.69) is 52.5 Å². The standard InChI is InChI=1S/C30H28ClF2N5O5.C29H33ClF2N6O6.C7H13NO4/c1-38(28(39)35-15-21-8-5-9-25(33)27(21)31)24(16-36-29(40)42-17-19-6-3-2-4-7-19)18-43-30(41)37-26-13-22-12-23(32)11-10-20(22)14-34-26;1-29(2,3)44-27(41)36-15-24(39)34-14-21(38(4)26(40)35-13-18-6-5-7-22(32)25(18)30)16-43-28(42)37-23-11-19-10-20(31)9-8-17(19)12-33-23;1-7(2,3)12-6(11)8-4-5(9)10/h2-14,24H,15-18H2,1H3,(H,35,39)(H,36,40)(H,34,37,41);5-12,21H,13-16H2,1-4H3,(H,34,39)(H,35,40)(H,36,41)(H,33,37,42);4H2,1-3H3,(H,8,11)(H,9,10)/t24-;21-;/m00./s1. The van der Waals surface area contributed by atoms with Crippen LogP contribution in [0.1, 0.15) is 58.2 Å². The molecule has 0 aliphatic heterocycles. The number of rotatable bonds is 22. The average molecular weight is 1420 g/mol. The Morgan fingerprint density at radius 1 is 0.495 bits per heavy atom. The van der Waals surface area contributed by atoms with Crippen molar-refractivity contribution < 1.29 is 89.5 Å². The number of fused-ring (bicyclic) bond motifs is 2. The third kappa shape index (κ3) is 28.7. The topological polar surface area (TPSA) is 349 Å². The largest absolute Gasteiger partial charge is 0.480 e. The number of nitrogens with zero attached hydrogens (tertiary/aromatic N) is 4. The lowest BCUT2D eigenvalue weighted by molar-refractivity contribution is -0.136. The van der Waals surface area contributed by atoms with E-state index in [-0.39, 0.29) is 67.7 Å². The number of carbonyl (C=O) groups is 9. The molecular formula is C66H74Cl2F4N12O15. The number of carbonyl (C=O) groups excluding carboxylic acids is 8. The number of nitrogens with one attached hydrogen (secondary N) is 8. The lowest BCUT2D eigenvalue weighted by Gasteiger charge is -2.28. The zero-order chi connectivity index (χ0) is 73.0. The summed E-state index contributed by atoms with van der Waals surface area (Å²) in [7, 11) is 2.84. The predicted octanol–water partition coefficient (Wildman–Crippen LogP) is 11.0. The smallest absolute Gasteiger partial charge is 0.412 e. The van der Waals surface area contributed by atoms with Crippen LogP contribution in [0.25, 0.3) is 21.5 Å². The fourth-order valence-electron chi connectivity index (χ4n) is 8.09. The van der Waals surface area contributed by atoms with Gasteiger partial charge in [0.25, 0.3) is 0 Å². The van der Waals surface area contributed by atoms with Crippen LogP contribution in [0.15, 0.2) is 128 Å². The highest BCUT2D eigenvalue weighted by atomic mass is 35.5. The van der Waals surface area contributed by atoms with Crippen molar-refractivity contribution in [3.8, 4) is 0 Å². The number of pyridine rings is 2. The number of urea groups is 2. The minimum Gasteiger partial charge on any atom is -0.480 e. The summed E-state index contributed by atoms with van der Waals surface area (Å²) in [6.07, 6.45) is -1.13. The molecule has 0 aliphatic rings. The number of alkyl carbamates (subject to hydrolysis) is 3. The Balaban J connectivity index is 0.000000306. The Morgan fingerprint density at radius 3 is 1.36 bits per heavy atom. The van der Waals surface area contributed by atoms with Gasteiger partial charge in [0.2, 0.25) is 5.91 Å². The van der Waals surface area contributed by atoms with Gasteiger partial charge in [0, 0.05) is 63.4 Å². The maximum Gasteiger partial charge on any atom is 0.412 e. The number of halogens is 6. The first-order valence-corrected chi connectivity index (χ1v) is 30.7.